The molecule has 58 valence electrons. The molecule has 0 amide bonds. The highest BCUT2D eigenvalue weighted by Gasteiger charge is 1.88. The van der Waals surface area contributed by atoms with Gasteiger partial charge in [-0.25, -0.2) is 0 Å². The van der Waals surface area contributed by atoms with Crippen LogP contribution >= 0.6 is 8.69 Å². The van der Waals surface area contributed by atoms with E-state index in [1.807, 2.05) is 0 Å². The summed E-state index contributed by atoms with van der Waals surface area (Å²) >= 11 is 0. The minimum atomic E-state index is -1.50. The van der Waals surface area contributed by atoms with Gasteiger partial charge in [0.15, 0.2) is 8.69 Å². The molecule has 0 fully saturated rings. The molecule has 0 aromatic rings. The first-order valence-electron chi connectivity index (χ1n) is 3.30. The summed E-state index contributed by atoms with van der Waals surface area (Å²) in [7, 11) is -1.50. The van der Waals surface area contributed by atoms with Crippen molar-refractivity contribution in [3.8, 4) is 0 Å². The highest BCUT2D eigenvalue weighted by Crippen LogP contribution is 2.02. The zero-order chi connectivity index (χ0) is 7.70. The quantitative estimate of drug-likeness (QED) is 0.615. The molecule has 0 radical (unpaired) electrons. The molecule has 0 spiro atoms. The highest BCUT2D eigenvalue weighted by atomic mass is 31.1. The molecule has 0 rings (SSSR count). The van der Waals surface area contributed by atoms with Crippen LogP contribution in [0.5, 0.6) is 0 Å². The predicted molar refractivity (Wildman–Crippen MR) is 42.4 cm³/mol. The summed E-state index contributed by atoms with van der Waals surface area (Å²) < 4.78 is 8.57. The van der Waals surface area contributed by atoms with Gasteiger partial charge in [-0.3, -0.25) is 4.57 Å². The van der Waals surface area contributed by atoms with E-state index in [1.165, 1.54) is 12.8 Å². The minimum Gasteiger partial charge on any atom is -0.348 e. The van der Waals surface area contributed by atoms with Crippen molar-refractivity contribution < 1.29 is 9.46 Å². The van der Waals surface area contributed by atoms with Crippen LogP contribution in [0.25, 0.3) is 0 Å². The molecule has 1 N–H and O–H groups in total. The first kappa shape index (κ1) is 11.9. The van der Waals surface area contributed by atoms with Crippen LogP contribution < -0.4 is 0 Å². The fourth-order valence-electron chi connectivity index (χ4n) is 0.289. The zero-order valence-corrected chi connectivity index (χ0v) is 7.58. The van der Waals surface area contributed by atoms with Crippen LogP contribution in [-0.4, -0.2) is 4.89 Å². The first-order chi connectivity index (χ1) is 4.22. The Labute approximate surface area is 58.6 Å². The number of rotatable bonds is 2. The second-order valence-corrected chi connectivity index (χ2v) is 2.24. The lowest BCUT2D eigenvalue weighted by Crippen LogP contribution is -1.85. The second kappa shape index (κ2) is 11.0. The maximum absolute atomic E-state index is 8.57. The van der Waals surface area contributed by atoms with Gasteiger partial charge >= 0.3 is 0 Å². The lowest BCUT2D eigenvalue weighted by molar-refractivity contribution is 0.524. The largest absolute Gasteiger partial charge is 0.348 e. The minimum absolute atomic E-state index is 0.935. The van der Waals surface area contributed by atoms with E-state index in [-0.39, 0.29) is 0 Å². The average Bonchev–Trinajstić information content (AvgIpc) is 1.88. The Kier molecular flexibility index (Phi) is 14.6. The summed E-state index contributed by atoms with van der Waals surface area (Å²) in [5, 5.41) is 0. The SMILES string of the molecule is CCC(C)CC.O=[PH2]O. The molecular weight excluding hydrogens is 135 g/mol. The molecule has 0 saturated heterocycles. The fourth-order valence-corrected chi connectivity index (χ4v) is 0.289. The van der Waals surface area contributed by atoms with Crippen LogP contribution in [0.2, 0.25) is 0 Å². The van der Waals surface area contributed by atoms with Gasteiger partial charge in [0.1, 0.15) is 0 Å². The molecule has 3 heteroatoms. The summed E-state index contributed by atoms with van der Waals surface area (Å²) in [6, 6.07) is 0. The van der Waals surface area contributed by atoms with Crippen LogP contribution in [0.1, 0.15) is 33.6 Å². The zero-order valence-electron chi connectivity index (χ0n) is 6.42. The van der Waals surface area contributed by atoms with Crippen molar-refractivity contribution in [1.82, 2.24) is 0 Å². The molecular formula is C6H17O2P. The molecule has 0 saturated carbocycles. The summed E-state index contributed by atoms with van der Waals surface area (Å²) in [6.45, 7) is 6.74. The standard InChI is InChI=1S/C6H14.H3O2P/c1-4-6(3)5-2;1-3-2/h6H,4-5H2,1-3H3;3H2,(H,1,2). The molecule has 0 aromatic carbocycles. The highest BCUT2D eigenvalue weighted by molar-refractivity contribution is 7.16. The summed E-state index contributed by atoms with van der Waals surface area (Å²) in [4.78, 5) is 7.10. The van der Waals surface area contributed by atoms with E-state index < -0.39 is 8.69 Å². The molecule has 0 aliphatic heterocycles. The molecule has 0 aliphatic carbocycles. The van der Waals surface area contributed by atoms with Gasteiger partial charge in [0.25, 0.3) is 0 Å². The number of hydrogen-bond acceptors (Lipinski definition) is 1. The van der Waals surface area contributed by atoms with Gasteiger partial charge < -0.3 is 4.89 Å². The van der Waals surface area contributed by atoms with Crippen LogP contribution in [-0.2, 0) is 4.57 Å². The van der Waals surface area contributed by atoms with Gasteiger partial charge in [-0.2, -0.15) is 0 Å². The Morgan fingerprint density at radius 2 is 1.67 bits per heavy atom. The van der Waals surface area contributed by atoms with Gasteiger partial charge in [-0.05, 0) is 5.92 Å². The van der Waals surface area contributed by atoms with Crippen molar-refractivity contribution in [2.45, 2.75) is 33.6 Å². The molecule has 0 aliphatic rings. The molecule has 0 bridgehead atoms. The third kappa shape index (κ3) is 17.9. The Morgan fingerprint density at radius 1 is 1.44 bits per heavy atom. The predicted octanol–water partition coefficient (Wildman–Crippen LogP) is 2.09. The topological polar surface area (TPSA) is 37.3 Å². The molecule has 0 aromatic heterocycles. The molecule has 0 heterocycles. The van der Waals surface area contributed by atoms with Gasteiger partial charge in [0.05, 0.1) is 0 Å². The molecule has 1 unspecified atom stereocenters. The van der Waals surface area contributed by atoms with E-state index >= 15 is 0 Å². The van der Waals surface area contributed by atoms with Crippen molar-refractivity contribution in [1.29, 1.82) is 0 Å². The van der Waals surface area contributed by atoms with Crippen molar-refractivity contribution in [2.24, 2.45) is 5.92 Å². The van der Waals surface area contributed by atoms with Crippen molar-refractivity contribution in [2.75, 3.05) is 0 Å². The average molecular weight is 152 g/mol. The second-order valence-electron chi connectivity index (χ2n) is 2.03. The smallest absolute Gasteiger partial charge is 0.177 e. The van der Waals surface area contributed by atoms with Gasteiger partial charge in [0, 0.05) is 0 Å². The fraction of sp³-hybridized carbons (Fsp3) is 1.00. The summed E-state index contributed by atoms with van der Waals surface area (Å²) in [5.74, 6) is 0.935. The molecule has 2 nitrogen and oxygen atoms in total. The van der Waals surface area contributed by atoms with E-state index in [0.29, 0.717) is 0 Å². The summed E-state index contributed by atoms with van der Waals surface area (Å²) in [6.07, 6.45) is 2.66. The van der Waals surface area contributed by atoms with E-state index in [0.717, 1.165) is 5.92 Å². The van der Waals surface area contributed by atoms with Crippen LogP contribution in [0.3, 0.4) is 0 Å². The van der Waals surface area contributed by atoms with Gasteiger partial charge in [-0.1, -0.05) is 33.6 Å². The van der Waals surface area contributed by atoms with E-state index in [9.17, 15) is 0 Å². The van der Waals surface area contributed by atoms with E-state index in [4.69, 9.17) is 9.46 Å². The van der Waals surface area contributed by atoms with E-state index in [1.54, 1.807) is 0 Å². The van der Waals surface area contributed by atoms with E-state index in [2.05, 4.69) is 20.8 Å². The maximum atomic E-state index is 8.57. The Bertz CT molecular complexity index is 53.0. The Hall–Kier alpha value is 0.190. The van der Waals surface area contributed by atoms with Crippen molar-refractivity contribution in [3.05, 3.63) is 0 Å². The Balaban J connectivity index is 0. The van der Waals surface area contributed by atoms with Crippen molar-refractivity contribution >= 4 is 8.69 Å². The lowest BCUT2D eigenvalue weighted by Gasteiger charge is -1.98. The van der Waals surface area contributed by atoms with Crippen LogP contribution in [0.15, 0.2) is 0 Å². The number of hydrogen-bond donors (Lipinski definition) is 1. The third-order valence-electron chi connectivity index (χ3n) is 1.39. The van der Waals surface area contributed by atoms with Gasteiger partial charge in [-0.15, -0.1) is 0 Å². The molecule has 1 atom stereocenters. The van der Waals surface area contributed by atoms with Crippen molar-refractivity contribution in [3.63, 3.8) is 0 Å². The monoisotopic (exact) mass is 152 g/mol. The van der Waals surface area contributed by atoms with Crippen LogP contribution in [0, 0.1) is 5.92 Å². The normalized spacial score (nSPS) is 9.89. The Morgan fingerprint density at radius 3 is 1.67 bits per heavy atom. The summed E-state index contributed by atoms with van der Waals surface area (Å²) in [5.41, 5.74) is 0. The molecule has 9 heavy (non-hydrogen) atoms. The van der Waals surface area contributed by atoms with Crippen LogP contribution in [0.4, 0.5) is 0 Å². The third-order valence-corrected chi connectivity index (χ3v) is 1.39. The first-order valence-corrected chi connectivity index (χ1v) is 4.29. The maximum Gasteiger partial charge on any atom is 0.177 e. The lowest BCUT2D eigenvalue weighted by atomic mass is 10.1. The van der Waals surface area contributed by atoms with Gasteiger partial charge in [0.2, 0.25) is 0 Å².